The Morgan fingerprint density at radius 2 is 1.94 bits per heavy atom. The van der Waals surface area contributed by atoms with Crippen molar-refractivity contribution in [1.82, 2.24) is 15.0 Å². The molecule has 0 aromatic carbocycles. The van der Waals surface area contributed by atoms with Crippen LogP contribution in [0, 0.1) is 0 Å². The van der Waals surface area contributed by atoms with Crippen LogP contribution in [-0.4, -0.2) is 26.1 Å². The Bertz CT molecular complexity index is 417. The van der Waals surface area contributed by atoms with Crippen LogP contribution in [0.15, 0.2) is 0 Å². The lowest BCUT2D eigenvalue weighted by atomic mass is 10.0. The number of aromatic nitrogens is 3. The number of carboxylic acids is 1. The zero-order valence-corrected chi connectivity index (χ0v) is 9.09. The lowest BCUT2D eigenvalue weighted by Crippen LogP contribution is -2.11. The molecule has 0 saturated heterocycles. The van der Waals surface area contributed by atoms with Crippen molar-refractivity contribution in [3.63, 3.8) is 0 Å². The molecule has 0 aliphatic heterocycles. The van der Waals surface area contributed by atoms with E-state index in [1.54, 1.807) is 4.68 Å². The van der Waals surface area contributed by atoms with E-state index in [9.17, 15) is 9.90 Å². The van der Waals surface area contributed by atoms with Crippen LogP contribution in [0.2, 0.25) is 0 Å². The third-order valence-electron chi connectivity index (χ3n) is 3.56. The van der Waals surface area contributed by atoms with Gasteiger partial charge in [0, 0.05) is 5.92 Å². The highest BCUT2D eigenvalue weighted by Gasteiger charge is 2.34. The average molecular weight is 221 g/mol. The summed E-state index contributed by atoms with van der Waals surface area (Å²) in [5.74, 6) is -0.558. The summed E-state index contributed by atoms with van der Waals surface area (Å²) in [4.78, 5) is 11.3. The van der Waals surface area contributed by atoms with E-state index in [2.05, 4.69) is 10.3 Å². The molecule has 0 atom stereocenters. The van der Waals surface area contributed by atoms with Crippen LogP contribution in [0.4, 0.5) is 0 Å². The quantitative estimate of drug-likeness (QED) is 0.847. The second-order valence-corrected chi connectivity index (χ2v) is 4.79. The fraction of sp³-hybridized carbons (Fsp3) is 0.727. The first-order valence-electron chi connectivity index (χ1n) is 5.95. The van der Waals surface area contributed by atoms with Gasteiger partial charge in [-0.2, -0.15) is 0 Å². The molecule has 16 heavy (non-hydrogen) atoms. The zero-order chi connectivity index (χ0) is 11.1. The largest absolute Gasteiger partial charge is 0.476 e. The molecule has 2 aliphatic carbocycles. The van der Waals surface area contributed by atoms with Crippen molar-refractivity contribution in [2.45, 2.75) is 50.5 Å². The van der Waals surface area contributed by atoms with Crippen LogP contribution in [0.3, 0.4) is 0 Å². The van der Waals surface area contributed by atoms with E-state index in [1.807, 2.05) is 0 Å². The number of hydrogen-bond acceptors (Lipinski definition) is 3. The van der Waals surface area contributed by atoms with E-state index in [1.165, 1.54) is 12.8 Å². The van der Waals surface area contributed by atoms with Crippen molar-refractivity contribution in [2.24, 2.45) is 0 Å². The van der Waals surface area contributed by atoms with E-state index < -0.39 is 5.97 Å². The maximum absolute atomic E-state index is 11.3. The van der Waals surface area contributed by atoms with E-state index in [-0.39, 0.29) is 6.04 Å². The molecule has 5 heteroatoms. The van der Waals surface area contributed by atoms with Gasteiger partial charge >= 0.3 is 5.97 Å². The van der Waals surface area contributed by atoms with Crippen molar-refractivity contribution in [2.75, 3.05) is 0 Å². The minimum Gasteiger partial charge on any atom is -0.476 e. The summed E-state index contributed by atoms with van der Waals surface area (Å²) < 4.78 is 1.62. The first kappa shape index (κ1) is 9.81. The van der Waals surface area contributed by atoms with Crippen LogP contribution in [0.25, 0.3) is 0 Å². The summed E-state index contributed by atoms with van der Waals surface area (Å²) in [5, 5.41) is 17.4. The second-order valence-electron chi connectivity index (χ2n) is 4.79. The monoisotopic (exact) mass is 221 g/mol. The number of carboxylic acid groups (broad SMARTS) is 1. The molecule has 0 bridgehead atoms. The van der Waals surface area contributed by atoms with Gasteiger partial charge in [-0.15, -0.1) is 5.10 Å². The first-order valence-corrected chi connectivity index (χ1v) is 5.95. The molecule has 0 unspecified atom stereocenters. The highest BCUT2D eigenvalue weighted by Crippen LogP contribution is 2.39. The summed E-state index contributed by atoms with van der Waals surface area (Å²) in [6.45, 7) is 0. The Balaban J connectivity index is 1.99. The summed E-state index contributed by atoms with van der Waals surface area (Å²) in [6, 6.07) is 0.286. The van der Waals surface area contributed by atoms with Gasteiger partial charge in [0.1, 0.15) is 5.69 Å². The summed E-state index contributed by atoms with van der Waals surface area (Å²) >= 11 is 0. The standard InChI is InChI=1S/C11H15N3O2/c15-11(16)10-9(7-3-1-2-4-7)12-13-14(10)8-5-6-8/h7-8H,1-6H2,(H,15,16). The maximum Gasteiger partial charge on any atom is 0.356 e. The average Bonchev–Trinajstić information content (AvgIpc) is 2.83. The van der Waals surface area contributed by atoms with Crippen LogP contribution < -0.4 is 0 Å². The van der Waals surface area contributed by atoms with Gasteiger partial charge in [0.15, 0.2) is 5.69 Å². The van der Waals surface area contributed by atoms with Crippen molar-refractivity contribution in [1.29, 1.82) is 0 Å². The number of hydrogen-bond donors (Lipinski definition) is 1. The minimum atomic E-state index is -0.876. The minimum absolute atomic E-state index is 0.286. The van der Waals surface area contributed by atoms with Crippen LogP contribution in [0.5, 0.6) is 0 Å². The molecule has 5 nitrogen and oxygen atoms in total. The Morgan fingerprint density at radius 1 is 1.25 bits per heavy atom. The van der Waals surface area contributed by atoms with Crippen LogP contribution >= 0.6 is 0 Å². The number of nitrogens with zero attached hydrogens (tertiary/aromatic N) is 3. The first-order chi connectivity index (χ1) is 7.77. The molecule has 1 heterocycles. The Labute approximate surface area is 93.5 Å². The zero-order valence-electron chi connectivity index (χ0n) is 9.09. The summed E-state index contributed by atoms with van der Waals surface area (Å²) in [5.41, 5.74) is 1.06. The van der Waals surface area contributed by atoms with E-state index in [0.29, 0.717) is 11.6 Å². The molecule has 86 valence electrons. The fourth-order valence-electron chi connectivity index (χ4n) is 2.56. The Hall–Kier alpha value is -1.39. The molecule has 2 saturated carbocycles. The maximum atomic E-state index is 11.3. The van der Waals surface area contributed by atoms with Crippen LogP contribution in [-0.2, 0) is 0 Å². The Kier molecular flexibility index (Phi) is 2.19. The highest BCUT2D eigenvalue weighted by molar-refractivity contribution is 5.87. The predicted octanol–water partition coefficient (Wildman–Crippen LogP) is 1.97. The van der Waals surface area contributed by atoms with Crippen molar-refractivity contribution < 1.29 is 9.90 Å². The molecule has 1 N–H and O–H groups in total. The van der Waals surface area contributed by atoms with Gasteiger partial charge in [0.2, 0.25) is 0 Å². The van der Waals surface area contributed by atoms with E-state index in [4.69, 9.17) is 0 Å². The second kappa shape index (κ2) is 3.57. The molecule has 1 aromatic rings. The van der Waals surface area contributed by atoms with Gasteiger partial charge in [0.05, 0.1) is 6.04 Å². The highest BCUT2D eigenvalue weighted by atomic mass is 16.4. The number of carbonyl (C=O) groups is 1. The van der Waals surface area contributed by atoms with Gasteiger partial charge in [-0.1, -0.05) is 18.1 Å². The smallest absolute Gasteiger partial charge is 0.356 e. The lowest BCUT2D eigenvalue weighted by Gasteiger charge is -2.06. The van der Waals surface area contributed by atoms with Gasteiger partial charge in [0.25, 0.3) is 0 Å². The summed E-state index contributed by atoms with van der Waals surface area (Å²) in [6.07, 6.45) is 6.55. The van der Waals surface area contributed by atoms with E-state index >= 15 is 0 Å². The van der Waals surface area contributed by atoms with Crippen molar-refractivity contribution in [3.05, 3.63) is 11.4 Å². The molecule has 1 aromatic heterocycles. The lowest BCUT2D eigenvalue weighted by molar-refractivity contribution is 0.0681. The third kappa shape index (κ3) is 1.50. The predicted molar refractivity (Wildman–Crippen MR) is 56.5 cm³/mol. The van der Waals surface area contributed by atoms with Gasteiger partial charge in [-0.25, -0.2) is 9.48 Å². The number of aromatic carboxylic acids is 1. The summed E-state index contributed by atoms with van der Waals surface area (Å²) in [7, 11) is 0. The van der Waals surface area contributed by atoms with Gasteiger partial charge < -0.3 is 5.11 Å². The molecular weight excluding hydrogens is 206 g/mol. The van der Waals surface area contributed by atoms with Crippen molar-refractivity contribution >= 4 is 5.97 Å². The normalized spacial score (nSPS) is 21.5. The molecule has 0 amide bonds. The number of rotatable bonds is 3. The van der Waals surface area contributed by atoms with Crippen LogP contribution in [0.1, 0.15) is 66.7 Å². The molecule has 2 aliphatic rings. The molecule has 0 radical (unpaired) electrons. The van der Waals surface area contributed by atoms with E-state index in [0.717, 1.165) is 31.4 Å². The fourth-order valence-corrected chi connectivity index (χ4v) is 2.56. The van der Waals surface area contributed by atoms with Crippen molar-refractivity contribution in [3.8, 4) is 0 Å². The molecule has 3 rings (SSSR count). The topological polar surface area (TPSA) is 68.0 Å². The molecular formula is C11H15N3O2. The SMILES string of the molecule is O=C(O)c1c(C2CCCC2)nnn1C1CC1. The molecule has 0 spiro atoms. The molecule has 2 fully saturated rings. The van der Waals surface area contributed by atoms with Gasteiger partial charge in [-0.3, -0.25) is 0 Å². The Morgan fingerprint density at radius 3 is 2.50 bits per heavy atom. The third-order valence-corrected chi connectivity index (χ3v) is 3.56. The van der Waals surface area contributed by atoms with Gasteiger partial charge in [-0.05, 0) is 25.7 Å².